The molecule has 0 N–H and O–H groups in total. The number of allylic oxidation sites excluding steroid dienone is 1. The molecule has 1 saturated carbocycles. The average Bonchev–Trinajstić information content (AvgIpc) is 2.04. The Bertz CT molecular complexity index is 146. The first kappa shape index (κ1) is 9.83. The maximum atomic E-state index is 4.02. The van der Waals surface area contributed by atoms with Crippen molar-refractivity contribution in [2.24, 2.45) is 11.8 Å². The van der Waals surface area contributed by atoms with Gasteiger partial charge in [-0.3, -0.25) is 0 Å². The Balaban J connectivity index is 2.41. The molecule has 1 rings (SSSR count). The highest BCUT2D eigenvalue weighted by Crippen LogP contribution is 2.35. The normalized spacial score (nSPS) is 30.2. The van der Waals surface area contributed by atoms with E-state index in [1.807, 2.05) is 0 Å². The molecule has 0 aromatic heterocycles. The minimum absolute atomic E-state index is 0.959. The van der Waals surface area contributed by atoms with Crippen molar-refractivity contribution in [3.8, 4) is 0 Å². The van der Waals surface area contributed by atoms with Crippen LogP contribution in [0, 0.1) is 11.8 Å². The second kappa shape index (κ2) is 4.69. The van der Waals surface area contributed by atoms with Gasteiger partial charge in [0.1, 0.15) is 0 Å². The quantitative estimate of drug-likeness (QED) is 0.552. The molecule has 2 unspecified atom stereocenters. The first-order chi connectivity index (χ1) is 5.74. The summed E-state index contributed by atoms with van der Waals surface area (Å²) in [5.74, 6) is 1.96. The highest BCUT2D eigenvalue weighted by atomic mass is 14.3. The topological polar surface area (TPSA) is 0 Å². The molecule has 0 saturated heterocycles. The molecular formula is C12H22. The second-order valence-corrected chi connectivity index (χ2v) is 4.37. The van der Waals surface area contributed by atoms with Gasteiger partial charge in [0.15, 0.2) is 0 Å². The predicted octanol–water partition coefficient (Wildman–Crippen LogP) is 4.17. The Morgan fingerprint density at radius 1 is 1.25 bits per heavy atom. The minimum atomic E-state index is 0.959. The van der Waals surface area contributed by atoms with Crippen molar-refractivity contribution in [2.45, 2.75) is 52.4 Å². The van der Waals surface area contributed by atoms with Gasteiger partial charge in [0.05, 0.1) is 0 Å². The number of rotatable bonds is 3. The molecule has 1 fully saturated rings. The zero-order valence-corrected chi connectivity index (χ0v) is 8.60. The fraction of sp³-hybridized carbons (Fsp3) is 0.833. The zero-order valence-electron chi connectivity index (χ0n) is 8.60. The molecule has 0 aromatic carbocycles. The van der Waals surface area contributed by atoms with Crippen LogP contribution in [0.2, 0.25) is 0 Å². The largest absolute Gasteiger partial charge is 0.100 e. The van der Waals surface area contributed by atoms with E-state index in [9.17, 15) is 0 Å². The third-order valence-electron chi connectivity index (χ3n) is 3.20. The van der Waals surface area contributed by atoms with Crippen LogP contribution in [0.4, 0.5) is 0 Å². The molecule has 0 aliphatic heterocycles. The maximum Gasteiger partial charge on any atom is -0.0295 e. The van der Waals surface area contributed by atoms with Gasteiger partial charge in [0, 0.05) is 0 Å². The van der Waals surface area contributed by atoms with E-state index in [4.69, 9.17) is 0 Å². The molecule has 0 aromatic rings. The molecule has 0 bridgehead atoms. The van der Waals surface area contributed by atoms with Gasteiger partial charge >= 0.3 is 0 Å². The van der Waals surface area contributed by atoms with Gasteiger partial charge in [0.2, 0.25) is 0 Å². The van der Waals surface area contributed by atoms with Crippen LogP contribution in [0.15, 0.2) is 12.2 Å². The number of hydrogen-bond acceptors (Lipinski definition) is 0. The van der Waals surface area contributed by atoms with Crippen molar-refractivity contribution in [1.29, 1.82) is 0 Å². The molecule has 12 heavy (non-hydrogen) atoms. The van der Waals surface area contributed by atoms with Gasteiger partial charge in [-0.05, 0) is 31.6 Å². The molecule has 0 nitrogen and oxygen atoms in total. The van der Waals surface area contributed by atoms with Crippen molar-refractivity contribution in [1.82, 2.24) is 0 Å². The molecule has 1 aliphatic carbocycles. The van der Waals surface area contributed by atoms with Gasteiger partial charge in [-0.1, -0.05) is 38.2 Å². The van der Waals surface area contributed by atoms with E-state index in [1.54, 1.807) is 0 Å². The number of hydrogen-bond donors (Lipinski definition) is 0. The first-order valence-electron chi connectivity index (χ1n) is 5.38. The summed E-state index contributed by atoms with van der Waals surface area (Å²) < 4.78 is 0. The molecule has 70 valence electrons. The van der Waals surface area contributed by atoms with Crippen molar-refractivity contribution in [3.63, 3.8) is 0 Å². The Morgan fingerprint density at radius 3 is 2.33 bits per heavy atom. The van der Waals surface area contributed by atoms with E-state index in [-0.39, 0.29) is 0 Å². The Morgan fingerprint density at radius 2 is 1.83 bits per heavy atom. The molecule has 1 aliphatic rings. The second-order valence-electron chi connectivity index (χ2n) is 4.37. The van der Waals surface area contributed by atoms with Crippen LogP contribution in [0.1, 0.15) is 52.4 Å². The van der Waals surface area contributed by atoms with E-state index >= 15 is 0 Å². The predicted molar refractivity (Wildman–Crippen MR) is 55.2 cm³/mol. The van der Waals surface area contributed by atoms with Crippen LogP contribution in [0.3, 0.4) is 0 Å². The van der Waals surface area contributed by atoms with E-state index < -0.39 is 0 Å². The summed E-state index contributed by atoms with van der Waals surface area (Å²) in [5.41, 5.74) is 1.38. The molecule has 0 spiro atoms. The van der Waals surface area contributed by atoms with Crippen LogP contribution < -0.4 is 0 Å². The Labute approximate surface area is 77.1 Å². The third kappa shape index (κ3) is 2.66. The van der Waals surface area contributed by atoms with E-state index in [1.165, 1.54) is 44.1 Å². The highest BCUT2D eigenvalue weighted by molar-refractivity contribution is 4.92. The van der Waals surface area contributed by atoms with Crippen molar-refractivity contribution in [3.05, 3.63) is 12.2 Å². The summed E-state index contributed by atoms with van der Waals surface area (Å²) >= 11 is 0. The van der Waals surface area contributed by atoms with E-state index in [0.717, 1.165) is 11.8 Å². The van der Waals surface area contributed by atoms with Gasteiger partial charge in [-0.15, -0.1) is 6.58 Å². The maximum absolute atomic E-state index is 4.02. The van der Waals surface area contributed by atoms with Crippen LogP contribution in [-0.2, 0) is 0 Å². The molecule has 0 heterocycles. The molecule has 0 radical (unpaired) electrons. The van der Waals surface area contributed by atoms with Crippen LogP contribution in [0.5, 0.6) is 0 Å². The fourth-order valence-electron chi connectivity index (χ4n) is 2.54. The van der Waals surface area contributed by atoms with Gasteiger partial charge in [-0.25, -0.2) is 0 Å². The first-order valence-corrected chi connectivity index (χ1v) is 5.38. The molecular weight excluding hydrogens is 144 g/mol. The van der Waals surface area contributed by atoms with E-state index in [2.05, 4.69) is 20.4 Å². The zero-order chi connectivity index (χ0) is 8.97. The summed E-state index contributed by atoms with van der Waals surface area (Å²) in [6.45, 7) is 8.52. The fourth-order valence-corrected chi connectivity index (χ4v) is 2.54. The summed E-state index contributed by atoms with van der Waals surface area (Å²) in [6.07, 6.45) is 8.48. The summed E-state index contributed by atoms with van der Waals surface area (Å²) in [5, 5.41) is 0. The lowest BCUT2D eigenvalue weighted by atomic mass is 9.75. The average molecular weight is 166 g/mol. The lowest BCUT2D eigenvalue weighted by molar-refractivity contribution is 0.229. The van der Waals surface area contributed by atoms with Gasteiger partial charge in [0.25, 0.3) is 0 Å². The minimum Gasteiger partial charge on any atom is -0.100 e. The smallest absolute Gasteiger partial charge is 0.0295 e. The Hall–Kier alpha value is -0.260. The van der Waals surface area contributed by atoms with Crippen LogP contribution in [-0.4, -0.2) is 0 Å². The molecule has 2 atom stereocenters. The van der Waals surface area contributed by atoms with Gasteiger partial charge in [-0.2, -0.15) is 0 Å². The van der Waals surface area contributed by atoms with Crippen molar-refractivity contribution in [2.75, 3.05) is 0 Å². The molecule has 0 heteroatoms. The Kier molecular flexibility index (Phi) is 3.84. The van der Waals surface area contributed by atoms with Crippen LogP contribution >= 0.6 is 0 Å². The lowest BCUT2D eigenvalue weighted by Gasteiger charge is -2.30. The third-order valence-corrected chi connectivity index (χ3v) is 3.20. The lowest BCUT2D eigenvalue weighted by Crippen LogP contribution is -2.18. The van der Waals surface area contributed by atoms with Crippen molar-refractivity contribution >= 4 is 0 Å². The monoisotopic (exact) mass is 166 g/mol. The van der Waals surface area contributed by atoms with Crippen LogP contribution in [0.25, 0.3) is 0 Å². The summed E-state index contributed by atoms with van der Waals surface area (Å²) in [7, 11) is 0. The standard InChI is InChI=1S/C12H22/c1-4-11-7-5-6-8-12(11)9-10(2)3/h11-12H,2,4-9H2,1,3H3. The SMILES string of the molecule is C=C(C)CC1CCCCC1CC. The molecule has 0 amide bonds. The van der Waals surface area contributed by atoms with E-state index in [0.29, 0.717) is 0 Å². The van der Waals surface area contributed by atoms with Crippen molar-refractivity contribution < 1.29 is 0 Å². The summed E-state index contributed by atoms with van der Waals surface area (Å²) in [6, 6.07) is 0. The highest BCUT2D eigenvalue weighted by Gasteiger charge is 2.22. The van der Waals surface area contributed by atoms with Gasteiger partial charge < -0.3 is 0 Å². The summed E-state index contributed by atoms with van der Waals surface area (Å²) in [4.78, 5) is 0.